The number of para-hydroxylation sites is 1. The van der Waals surface area contributed by atoms with Crippen LogP contribution in [0, 0.1) is 0 Å². The molecule has 6 heteroatoms. The number of rotatable bonds is 5. The molecule has 2 heterocycles. The molecule has 0 aromatic heterocycles. The Morgan fingerprint density at radius 1 is 1.06 bits per heavy atom. The first-order valence-corrected chi connectivity index (χ1v) is 10.1. The molecule has 0 aliphatic carbocycles. The highest BCUT2D eigenvalue weighted by molar-refractivity contribution is 6.10. The van der Waals surface area contributed by atoms with Crippen molar-refractivity contribution in [2.24, 2.45) is 0 Å². The van der Waals surface area contributed by atoms with Crippen LogP contribution in [0.3, 0.4) is 0 Å². The minimum atomic E-state index is -0.656. The van der Waals surface area contributed by atoms with Gasteiger partial charge in [0.2, 0.25) is 0 Å². The zero-order chi connectivity index (χ0) is 22.3. The van der Waals surface area contributed by atoms with Gasteiger partial charge in [0.05, 0.1) is 0 Å². The Morgan fingerprint density at radius 2 is 1.71 bits per heavy atom. The van der Waals surface area contributed by atoms with Gasteiger partial charge in [-0.25, -0.2) is 0 Å². The van der Waals surface area contributed by atoms with Crippen LogP contribution in [0.25, 0.3) is 5.70 Å². The van der Waals surface area contributed by atoms with Crippen molar-refractivity contribution in [1.29, 1.82) is 0 Å². The van der Waals surface area contributed by atoms with Gasteiger partial charge in [0.1, 0.15) is 6.54 Å². The molecule has 0 N–H and O–H groups in total. The second kappa shape index (κ2) is 7.54. The van der Waals surface area contributed by atoms with E-state index in [2.05, 4.69) is 26.5 Å². The third kappa shape index (κ3) is 3.44. The van der Waals surface area contributed by atoms with Crippen LogP contribution in [-0.2, 0) is 19.7 Å². The summed E-state index contributed by atoms with van der Waals surface area (Å²) in [6.07, 6.45) is 1.53. The van der Waals surface area contributed by atoms with Crippen molar-refractivity contribution in [3.05, 3.63) is 83.6 Å². The molecule has 0 saturated heterocycles. The number of hydrogen-bond donors (Lipinski definition) is 0. The molecule has 4 rings (SSSR count). The van der Waals surface area contributed by atoms with Crippen molar-refractivity contribution >= 4 is 29.0 Å². The third-order valence-corrected chi connectivity index (χ3v) is 5.94. The molecule has 2 aliphatic rings. The number of esters is 1. The summed E-state index contributed by atoms with van der Waals surface area (Å²) in [5.74, 6) is -1.26. The van der Waals surface area contributed by atoms with E-state index in [9.17, 15) is 14.4 Å². The lowest BCUT2D eigenvalue weighted by atomic mass is 9.83. The highest BCUT2D eigenvalue weighted by Crippen LogP contribution is 2.46. The van der Waals surface area contributed by atoms with Gasteiger partial charge in [-0.15, -0.1) is 0 Å². The van der Waals surface area contributed by atoms with Gasteiger partial charge in [-0.2, -0.15) is 0 Å². The fourth-order valence-corrected chi connectivity index (χ4v) is 4.28. The summed E-state index contributed by atoms with van der Waals surface area (Å²) in [5.41, 5.74) is 4.36. The van der Waals surface area contributed by atoms with Gasteiger partial charge in [-0.1, -0.05) is 56.8 Å². The number of fused-ring (bicyclic) bond motifs is 2. The molecule has 31 heavy (non-hydrogen) atoms. The number of carbonyl (C=O) groups excluding carboxylic acids is 3. The molecular formula is C25H24N2O4. The van der Waals surface area contributed by atoms with Crippen LogP contribution in [-0.4, -0.2) is 42.8 Å². The highest BCUT2D eigenvalue weighted by atomic mass is 16.5. The lowest BCUT2D eigenvalue weighted by Crippen LogP contribution is -2.31. The van der Waals surface area contributed by atoms with Crippen molar-refractivity contribution in [3.63, 3.8) is 0 Å². The number of likely N-dealkylation sites (N-methyl/N-ethyl adjacent to an activating group) is 1. The summed E-state index contributed by atoms with van der Waals surface area (Å²) in [4.78, 5) is 40.6. The standard InChI is InChI=1S/C25H24N2O4/c1-16-18-9-5-6-10-19(18)24(30)27(16)14-23(29)31-15-17(28)13-22-25(2,3)20-11-7-8-12-21(20)26(22)4/h5-13H,1,14-15H2,2-4H3/b22-13-. The first-order chi connectivity index (χ1) is 14.7. The Kier molecular flexibility index (Phi) is 5.01. The summed E-state index contributed by atoms with van der Waals surface area (Å²) in [6, 6.07) is 15.1. The number of hydrogen-bond acceptors (Lipinski definition) is 5. The minimum absolute atomic E-state index is 0.285. The second-order valence-corrected chi connectivity index (χ2v) is 8.24. The Balaban J connectivity index is 1.39. The predicted octanol–water partition coefficient (Wildman–Crippen LogP) is 3.54. The largest absolute Gasteiger partial charge is 0.456 e. The van der Waals surface area contributed by atoms with Crippen LogP contribution < -0.4 is 4.90 Å². The SMILES string of the molecule is C=C1c2ccccc2C(=O)N1CC(=O)OCC(=O)/C=C1\N(C)c2ccccc2C1(C)C. The van der Waals surface area contributed by atoms with Crippen LogP contribution in [0.5, 0.6) is 0 Å². The van der Waals surface area contributed by atoms with Gasteiger partial charge >= 0.3 is 5.97 Å². The summed E-state index contributed by atoms with van der Waals surface area (Å²) in [6.45, 7) is 7.35. The third-order valence-electron chi connectivity index (χ3n) is 5.94. The molecule has 0 atom stereocenters. The van der Waals surface area contributed by atoms with E-state index in [-0.39, 0.29) is 30.3 Å². The second-order valence-electron chi connectivity index (χ2n) is 8.24. The molecule has 6 nitrogen and oxygen atoms in total. The lowest BCUT2D eigenvalue weighted by molar-refractivity contribution is -0.146. The average Bonchev–Trinajstić information content (AvgIpc) is 3.11. The van der Waals surface area contributed by atoms with Gasteiger partial charge in [0.25, 0.3) is 5.91 Å². The first kappa shape index (κ1) is 20.6. The molecule has 158 valence electrons. The van der Waals surface area contributed by atoms with E-state index in [1.54, 1.807) is 18.2 Å². The number of carbonyl (C=O) groups is 3. The van der Waals surface area contributed by atoms with Crippen molar-refractivity contribution in [2.75, 3.05) is 25.1 Å². The van der Waals surface area contributed by atoms with E-state index in [1.807, 2.05) is 36.2 Å². The van der Waals surface area contributed by atoms with E-state index in [4.69, 9.17) is 4.74 Å². The fraction of sp³-hybridized carbons (Fsp3) is 0.240. The Morgan fingerprint density at radius 3 is 2.39 bits per heavy atom. The smallest absolute Gasteiger partial charge is 0.326 e. The van der Waals surface area contributed by atoms with Crippen LogP contribution in [0.1, 0.15) is 35.3 Å². The molecule has 0 spiro atoms. The van der Waals surface area contributed by atoms with E-state index < -0.39 is 5.97 Å². The highest BCUT2D eigenvalue weighted by Gasteiger charge is 2.38. The fourth-order valence-electron chi connectivity index (χ4n) is 4.28. The average molecular weight is 416 g/mol. The van der Waals surface area contributed by atoms with Gasteiger partial charge in [0.15, 0.2) is 12.4 Å². The van der Waals surface area contributed by atoms with Crippen LogP contribution in [0.2, 0.25) is 0 Å². The van der Waals surface area contributed by atoms with Crippen molar-refractivity contribution in [2.45, 2.75) is 19.3 Å². The maximum Gasteiger partial charge on any atom is 0.326 e. The van der Waals surface area contributed by atoms with Gasteiger partial charge in [0, 0.05) is 46.7 Å². The normalized spacial score (nSPS) is 17.7. The Bertz CT molecular complexity index is 1110. The molecule has 1 amide bonds. The Labute approximate surface area is 181 Å². The van der Waals surface area contributed by atoms with Crippen molar-refractivity contribution in [1.82, 2.24) is 4.90 Å². The number of amides is 1. The van der Waals surface area contributed by atoms with Gasteiger partial charge in [-0.05, 0) is 17.7 Å². The lowest BCUT2D eigenvalue weighted by Gasteiger charge is -2.24. The molecule has 0 fully saturated rings. The number of allylic oxidation sites excluding steroid dienone is 1. The number of ether oxygens (including phenoxy) is 1. The van der Waals surface area contributed by atoms with Crippen molar-refractivity contribution < 1.29 is 19.1 Å². The topological polar surface area (TPSA) is 66.9 Å². The Hall–Kier alpha value is -3.67. The van der Waals surface area contributed by atoms with Crippen LogP contribution >= 0.6 is 0 Å². The van der Waals surface area contributed by atoms with E-state index in [1.165, 1.54) is 11.0 Å². The summed E-state index contributed by atoms with van der Waals surface area (Å²) < 4.78 is 5.17. The number of ketones is 1. The molecule has 0 bridgehead atoms. The van der Waals surface area contributed by atoms with Gasteiger partial charge < -0.3 is 9.64 Å². The zero-order valence-electron chi connectivity index (χ0n) is 17.8. The maximum atomic E-state index is 12.6. The van der Waals surface area contributed by atoms with E-state index in [0.29, 0.717) is 16.8 Å². The number of anilines is 1. The first-order valence-electron chi connectivity index (χ1n) is 10.1. The number of nitrogens with zero attached hydrogens (tertiary/aromatic N) is 2. The quantitative estimate of drug-likeness (QED) is 0.551. The summed E-state index contributed by atoms with van der Waals surface area (Å²) in [5, 5.41) is 0. The molecule has 2 aromatic carbocycles. The molecule has 2 aliphatic heterocycles. The summed E-state index contributed by atoms with van der Waals surface area (Å²) >= 11 is 0. The predicted molar refractivity (Wildman–Crippen MR) is 118 cm³/mol. The minimum Gasteiger partial charge on any atom is -0.456 e. The molecule has 2 aromatic rings. The van der Waals surface area contributed by atoms with Crippen LogP contribution in [0.4, 0.5) is 5.69 Å². The number of benzene rings is 2. The molecule has 0 saturated carbocycles. The monoisotopic (exact) mass is 416 g/mol. The molecule has 0 radical (unpaired) electrons. The summed E-state index contributed by atoms with van der Waals surface area (Å²) in [7, 11) is 1.92. The van der Waals surface area contributed by atoms with Crippen LogP contribution in [0.15, 0.2) is 66.9 Å². The van der Waals surface area contributed by atoms with E-state index >= 15 is 0 Å². The molecular weight excluding hydrogens is 392 g/mol. The zero-order valence-corrected chi connectivity index (χ0v) is 17.8. The van der Waals surface area contributed by atoms with Crippen molar-refractivity contribution in [3.8, 4) is 0 Å². The maximum absolute atomic E-state index is 12.6. The van der Waals surface area contributed by atoms with Gasteiger partial charge in [-0.3, -0.25) is 19.3 Å². The van der Waals surface area contributed by atoms with E-state index in [0.717, 1.165) is 16.9 Å². The molecule has 0 unspecified atom stereocenters.